The summed E-state index contributed by atoms with van der Waals surface area (Å²) in [5.41, 5.74) is 5.97. The van der Waals surface area contributed by atoms with Crippen molar-refractivity contribution in [1.29, 1.82) is 0 Å². The number of halogens is 1. The minimum atomic E-state index is -1.90. The van der Waals surface area contributed by atoms with E-state index in [-0.39, 0.29) is 0 Å². The van der Waals surface area contributed by atoms with Gasteiger partial charge in [-0.25, -0.2) is 0 Å². The molecule has 0 aromatic rings. The van der Waals surface area contributed by atoms with Crippen molar-refractivity contribution in [3.05, 3.63) is 10.7 Å². The quantitative estimate of drug-likeness (QED) is 0.415. The predicted octanol–water partition coefficient (Wildman–Crippen LogP) is 2.34. The van der Waals surface area contributed by atoms with Crippen LogP contribution in [0.25, 0.3) is 10.7 Å². The largest absolute Gasteiger partial charge is 0.583 e. The van der Waals surface area contributed by atoms with E-state index in [9.17, 15) is 0 Å². The van der Waals surface area contributed by atoms with Crippen molar-refractivity contribution in [2.75, 3.05) is 0 Å². The Balaban J connectivity index is 2.80. The fraction of sp³-hybridized carbons (Fsp3) is 0. The van der Waals surface area contributed by atoms with Gasteiger partial charge in [0, 0.05) is 7.22 Å². The van der Waals surface area contributed by atoms with Gasteiger partial charge in [0.05, 0.1) is 0 Å². The third-order valence-electron chi connectivity index (χ3n) is 0. The van der Waals surface area contributed by atoms with Crippen molar-refractivity contribution >= 4 is 18.5 Å². The molecule has 0 saturated carbocycles. The highest BCUT2D eigenvalue weighted by atomic mass is 35.7. The van der Waals surface area contributed by atoms with Crippen LogP contribution in [0.3, 0.4) is 0 Å². The molecule has 4 heavy (non-hydrogen) atoms. The van der Waals surface area contributed by atoms with Crippen LogP contribution in [0.1, 0.15) is 0 Å². The first-order chi connectivity index (χ1) is 1.73. The number of rotatable bonds is 0. The van der Waals surface area contributed by atoms with Gasteiger partial charge in [-0.15, -0.1) is 0 Å². The number of nitrogens with zero attached hydrogens (tertiary/aromatic N) is 1. The van der Waals surface area contributed by atoms with E-state index in [0.717, 1.165) is 0 Å². The molecule has 0 aliphatic rings. The van der Waals surface area contributed by atoms with Gasteiger partial charge in [0.2, 0.25) is 0 Å². The average molecular weight is 95.4 g/mol. The highest BCUT2D eigenvalue weighted by molar-refractivity contribution is 7.78. The van der Waals surface area contributed by atoms with Crippen molar-refractivity contribution < 1.29 is 0 Å². The summed E-state index contributed by atoms with van der Waals surface area (Å²) in [7, 11) is -1.90. The molecule has 1 atom stereocenters. The molecule has 0 aromatic heterocycles. The Morgan fingerprint density at radius 2 is 2.00 bits per heavy atom. The normalized spacial score (nSPS) is 11.0. The van der Waals surface area contributed by atoms with Crippen LogP contribution in [-0.2, 0) is 0 Å². The zero-order chi connectivity index (χ0) is 3.58. The SMILES string of the molecule is [N-]=[P+]([NH-])Cl. The predicted molar refractivity (Wildman–Crippen MR) is 20.5 cm³/mol. The fourth-order valence-corrected chi connectivity index (χ4v) is 0. The molecule has 0 amide bonds. The van der Waals surface area contributed by atoms with Gasteiger partial charge in [0.25, 0.3) is 0 Å². The standard InChI is InChI=1S/ClHN2P/c1-4(2)3/h2H/q-1. The molecule has 0 rings (SSSR count). The Kier molecular flexibility index (Phi) is 1.79. The van der Waals surface area contributed by atoms with E-state index in [1.807, 2.05) is 0 Å². The Hall–Kier alpha value is 0.350. The molecule has 0 saturated heterocycles. The van der Waals surface area contributed by atoms with Gasteiger partial charge in [0.15, 0.2) is 0 Å². The fourth-order valence-electron chi connectivity index (χ4n) is 0. The molecule has 1 N–H and O–H groups in total. The van der Waals surface area contributed by atoms with Gasteiger partial charge in [-0.3, -0.25) is 0 Å². The summed E-state index contributed by atoms with van der Waals surface area (Å²) in [6, 6.07) is 0. The lowest BCUT2D eigenvalue weighted by molar-refractivity contribution is 2.95. The number of hydrogen-bond donors (Lipinski definition) is 0. The van der Waals surface area contributed by atoms with Crippen LogP contribution in [-0.4, -0.2) is 0 Å². The first-order valence-electron chi connectivity index (χ1n) is 0.593. The van der Waals surface area contributed by atoms with Crippen molar-refractivity contribution in [1.82, 2.24) is 0 Å². The van der Waals surface area contributed by atoms with E-state index in [1.54, 1.807) is 0 Å². The van der Waals surface area contributed by atoms with Gasteiger partial charge in [-0.1, -0.05) is 0 Å². The zero-order valence-corrected chi connectivity index (χ0v) is 3.42. The van der Waals surface area contributed by atoms with E-state index in [1.165, 1.54) is 0 Å². The molecule has 2 nitrogen and oxygen atoms in total. The summed E-state index contributed by atoms with van der Waals surface area (Å²) in [4.78, 5) is 0. The van der Waals surface area contributed by atoms with Crippen LogP contribution in [0.15, 0.2) is 0 Å². The second-order valence-corrected chi connectivity index (χ2v) is 1.74. The van der Waals surface area contributed by atoms with Crippen LogP contribution in [0, 0.1) is 0 Å². The summed E-state index contributed by atoms with van der Waals surface area (Å²) in [6.45, 7) is 0. The number of nitrogens with one attached hydrogen (secondary N) is 1. The van der Waals surface area contributed by atoms with Crippen LogP contribution in [0.2, 0.25) is 0 Å². The molecule has 0 aliphatic heterocycles. The molecule has 24 valence electrons. The van der Waals surface area contributed by atoms with Crippen molar-refractivity contribution in [2.45, 2.75) is 0 Å². The first kappa shape index (κ1) is 4.35. The van der Waals surface area contributed by atoms with E-state index in [4.69, 9.17) is 10.7 Å². The Morgan fingerprint density at radius 3 is 2.00 bits per heavy atom. The Labute approximate surface area is 30.1 Å². The highest BCUT2D eigenvalue weighted by Gasteiger charge is 1.50. The molecule has 0 radical (unpaired) electrons. The molecule has 0 bridgehead atoms. The average Bonchev–Trinajstić information content (AvgIpc) is 0.811. The molecule has 0 fully saturated rings. The summed E-state index contributed by atoms with van der Waals surface area (Å²) >= 11 is 4.56. The summed E-state index contributed by atoms with van der Waals surface area (Å²) in [5, 5.41) is 7.55. The van der Waals surface area contributed by atoms with Crippen molar-refractivity contribution in [3.8, 4) is 0 Å². The molecular weight excluding hydrogens is 94.4 g/mol. The summed E-state index contributed by atoms with van der Waals surface area (Å²) in [5.74, 6) is 0. The number of hydrogen-bond acceptors (Lipinski definition) is 0. The van der Waals surface area contributed by atoms with Crippen molar-refractivity contribution in [2.24, 2.45) is 0 Å². The van der Waals surface area contributed by atoms with Gasteiger partial charge in [-0.05, 0) is 0 Å². The lowest BCUT2D eigenvalue weighted by atomic mass is 13.9. The molecule has 0 aliphatic carbocycles. The second-order valence-electron chi connectivity index (χ2n) is 0.260. The molecular formula is HClN2P-. The van der Waals surface area contributed by atoms with Crippen LogP contribution in [0.4, 0.5) is 0 Å². The molecule has 4 heteroatoms. The second kappa shape index (κ2) is 1.65. The van der Waals surface area contributed by atoms with Gasteiger partial charge < -0.3 is 10.7 Å². The van der Waals surface area contributed by atoms with Crippen LogP contribution >= 0.6 is 18.5 Å². The Bertz CT molecular complexity index is 29.0. The third kappa shape index (κ3) is 35.0. The van der Waals surface area contributed by atoms with Crippen LogP contribution < -0.4 is 0 Å². The first-order valence-corrected chi connectivity index (χ1v) is 2.79. The lowest BCUT2D eigenvalue weighted by Crippen LogP contribution is -0.953. The monoisotopic (exact) mass is 95.0 g/mol. The van der Waals surface area contributed by atoms with Crippen molar-refractivity contribution in [3.63, 3.8) is 0 Å². The zero-order valence-electron chi connectivity index (χ0n) is 1.77. The van der Waals surface area contributed by atoms with E-state index >= 15 is 0 Å². The maximum absolute atomic E-state index is 7.55. The molecule has 1 unspecified atom stereocenters. The van der Waals surface area contributed by atoms with Gasteiger partial charge in [0.1, 0.15) is 11.2 Å². The molecule has 0 aromatic carbocycles. The highest BCUT2D eigenvalue weighted by Crippen LogP contribution is 2.26. The van der Waals surface area contributed by atoms with E-state index < -0.39 is 7.22 Å². The topological polar surface area (TPSA) is 46.1 Å². The van der Waals surface area contributed by atoms with E-state index in [2.05, 4.69) is 11.2 Å². The van der Waals surface area contributed by atoms with Crippen LogP contribution in [0.5, 0.6) is 0 Å². The minimum absolute atomic E-state index is 1.90. The smallest absolute Gasteiger partial charge is 0.123 e. The van der Waals surface area contributed by atoms with E-state index in [0.29, 0.717) is 0 Å². The van der Waals surface area contributed by atoms with Gasteiger partial charge in [-0.2, -0.15) is 0 Å². The summed E-state index contributed by atoms with van der Waals surface area (Å²) < 4.78 is 0. The van der Waals surface area contributed by atoms with Gasteiger partial charge >= 0.3 is 0 Å². The lowest BCUT2D eigenvalue weighted by Gasteiger charge is -1.73. The third-order valence-corrected chi connectivity index (χ3v) is 0. The molecule has 0 heterocycles. The molecule has 0 spiro atoms. The maximum atomic E-state index is 7.55. The maximum Gasteiger partial charge on any atom is 0.123 e. The minimum Gasteiger partial charge on any atom is -0.583 e. The Morgan fingerprint density at radius 1 is 2.00 bits per heavy atom. The summed E-state index contributed by atoms with van der Waals surface area (Å²) in [6.07, 6.45) is 0.